The molecule has 0 bridgehead atoms. The fraction of sp³-hybridized carbons (Fsp3) is 0.385. The van der Waals surface area contributed by atoms with Crippen LogP contribution in [0.4, 0.5) is 0 Å². The number of rotatable bonds is 5. The standard InChI is InChI=1S/C13H18N2S/c1-11(14-2)13-4-7-15(9-13)6-3-12-5-8-16-10-12/h4-5,7-11,14H,3,6H2,1-2H3. The van der Waals surface area contributed by atoms with Crippen LogP contribution in [0, 0.1) is 0 Å². The molecule has 2 aromatic heterocycles. The first-order chi connectivity index (χ1) is 7.79. The second-order valence-electron chi connectivity index (χ2n) is 4.07. The van der Waals surface area contributed by atoms with Crippen molar-refractivity contribution in [2.75, 3.05) is 7.05 Å². The van der Waals surface area contributed by atoms with E-state index in [4.69, 9.17) is 0 Å². The molecule has 0 radical (unpaired) electrons. The zero-order valence-corrected chi connectivity index (χ0v) is 10.6. The molecule has 1 N–H and O–H groups in total. The zero-order valence-electron chi connectivity index (χ0n) is 9.81. The van der Waals surface area contributed by atoms with Gasteiger partial charge in [0, 0.05) is 25.0 Å². The highest BCUT2D eigenvalue weighted by Crippen LogP contribution is 2.13. The fourth-order valence-electron chi connectivity index (χ4n) is 1.71. The second-order valence-corrected chi connectivity index (χ2v) is 4.85. The van der Waals surface area contributed by atoms with E-state index in [1.54, 1.807) is 11.3 Å². The van der Waals surface area contributed by atoms with Gasteiger partial charge in [-0.3, -0.25) is 0 Å². The lowest BCUT2D eigenvalue weighted by atomic mass is 10.2. The molecule has 16 heavy (non-hydrogen) atoms. The lowest BCUT2D eigenvalue weighted by Gasteiger charge is -2.07. The minimum absolute atomic E-state index is 0.433. The van der Waals surface area contributed by atoms with Gasteiger partial charge in [-0.15, -0.1) is 0 Å². The van der Waals surface area contributed by atoms with Crippen molar-refractivity contribution in [3.8, 4) is 0 Å². The van der Waals surface area contributed by atoms with Gasteiger partial charge in [0.05, 0.1) is 0 Å². The molecular formula is C13H18N2S. The Bertz CT molecular complexity index is 417. The van der Waals surface area contributed by atoms with Crippen molar-refractivity contribution in [3.05, 3.63) is 46.4 Å². The van der Waals surface area contributed by atoms with E-state index in [0.29, 0.717) is 6.04 Å². The largest absolute Gasteiger partial charge is 0.354 e. The third-order valence-corrected chi connectivity index (χ3v) is 3.68. The lowest BCUT2D eigenvalue weighted by Crippen LogP contribution is -2.11. The Hall–Kier alpha value is -1.06. The van der Waals surface area contributed by atoms with Gasteiger partial charge in [0.25, 0.3) is 0 Å². The van der Waals surface area contributed by atoms with E-state index >= 15 is 0 Å². The van der Waals surface area contributed by atoms with E-state index in [1.807, 2.05) is 7.05 Å². The molecule has 0 aliphatic heterocycles. The monoisotopic (exact) mass is 234 g/mol. The molecule has 0 saturated heterocycles. The molecule has 86 valence electrons. The van der Waals surface area contributed by atoms with Crippen molar-refractivity contribution < 1.29 is 0 Å². The summed E-state index contributed by atoms with van der Waals surface area (Å²) >= 11 is 1.77. The topological polar surface area (TPSA) is 17.0 Å². The zero-order chi connectivity index (χ0) is 11.4. The van der Waals surface area contributed by atoms with Crippen LogP contribution < -0.4 is 5.32 Å². The van der Waals surface area contributed by atoms with E-state index < -0.39 is 0 Å². The molecule has 2 rings (SSSR count). The van der Waals surface area contributed by atoms with E-state index in [-0.39, 0.29) is 0 Å². The van der Waals surface area contributed by atoms with Crippen molar-refractivity contribution in [3.63, 3.8) is 0 Å². The summed E-state index contributed by atoms with van der Waals surface area (Å²) < 4.78 is 2.26. The third-order valence-electron chi connectivity index (χ3n) is 2.95. The van der Waals surface area contributed by atoms with Crippen LogP contribution >= 0.6 is 11.3 Å². The van der Waals surface area contributed by atoms with Crippen LogP contribution in [0.5, 0.6) is 0 Å². The third kappa shape index (κ3) is 2.74. The summed E-state index contributed by atoms with van der Waals surface area (Å²) in [6, 6.07) is 4.82. The predicted molar refractivity (Wildman–Crippen MR) is 69.9 cm³/mol. The van der Waals surface area contributed by atoms with Gasteiger partial charge in [-0.05, 0) is 54.4 Å². The highest BCUT2D eigenvalue weighted by atomic mass is 32.1. The smallest absolute Gasteiger partial charge is 0.0304 e. The Kier molecular flexibility index (Phi) is 3.80. The van der Waals surface area contributed by atoms with Crippen LogP contribution in [0.3, 0.4) is 0 Å². The molecular weight excluding hydrogens is 216 g/mol. The van der Waals surface area contributed by atoms with Gasteiger partial charge >= 0.3 is 0 Å². The normalized spacial score (nSPS) is 12.9. The molecule has 0 saturated carbocycles. The molecule has 1 atom stereocenters. The molecule has 2 heterocycles. The number of aromatic nitrogens is 1. The molecule has 1 unspecified atom stereocenters. The SMILES string of the molecule is CNC(C)c1ccn(CCc2ccsc2)c1. The average molecular weight is 234 g/mol. The van der Waals surface area contributed by atoms with E-state index in [1.165, 1.54) is 11.1 Å². The van der Waals surface area contributed by atoms with Gasteiger partial charge in [-0.2, -0.15) is 11.3 Å². The van der Waals surface area contributed by atoms with Gasteiger partial charge in [-0.25, -0.2) is 0 Å². The second kappa shape index (κ2) is 5.32. The van der Waals surface area contributed by atoms with Gasteiger partial charge in [-0.1, -0.05) is 0 Å². The van der Waals surface area contributed by atoms with Crippen molar-refractivity contribution in [2.24, 2.45) is 0 Å². The highest BCUT2D eigenvalue weighted by molar-refractivity contribution is 7.07. The van der Waals surface area contributed by atoms with Crippen LogP contribution in [0.2, 0.25) is 0 Å². The maximum atomic E-state index is 3.25. The van der Waals surface area contributed by atoms with Crippen molar-refractivity contribution in [1.29, 1.82) is 0 Å². The molecule has 0 aromatic carbocycles. The summed E-state index contributed by atoms with van der Waals surface area (Å²) in [5, 5.41) is 7.61. The van der Waals surface area contributed by atoms with E-state index in [2.05, 4.69) is 52.1 Å². The van der Waals surface area contributed by atoms with Crippen LogP contribution in [0.1, 0.15) is 24.1 Å². The van der Waals surface area contributed by atoms with E-state index in [9.17, 15) is 0 Å². The summed E-state index contributed by atoms with van der Waals surface area (Å²) in [7, 11) is 1.99. The minimum atomic E-state index is 0.433. The first-order valence-electron chi connectivity index (χ1n) is 5.63. The molecule has 0 aliphatic rings. The molecule has 0 fully saturated rings. The molecule has 2 aromatic rings. The Labute approximate surface area is 101 Å². The number of thiophene rings is 1. The van der Waals surface area contributed by atoms with Crippen LogP contribution in [-0.2, 0) is 13.0 Å². The fourth-order valence-corrected chi connectivity index (χ4v) is 2.42. The van der Waals surface area contributed by atoms with E-state index in [0.717, 1.165) is 13.0 Å². The first kappa shape index (κ1) is 11.4. The number of aryl methyl sites for hydroxylation is 2. The van der Waals surface area contributed by atoms with Gasteiger partial charge < -0.3 is 9.88 Å². The minimum Gasteiger partial charge on any atom is -0.354 e. The summed E-state index contributed by atoms with van der Waals surface area (Å²) in [4.78, 5) is 0. The molecule has 0 spiro atoms. The molecule has 2 nitrogen and oxygen atoms in total. The number of nitrogens with zero attached hydrogens (tertiary/aromatic N) is 1. The summed E-state index contributed by atoms with van der Waals surface area (Å²) in [6.07, 6.45) is 5.51. The Morgan fingerprint density at radius 1 is 1.44 bits per heavy atom. The summed E-state index contributed by atoms with van der Waals surface area (Å²) in [6.45, 7) is 3.24. The maximum absolute atomic E-state index is 3.25. The maximum Gasteiger partial charge on any atom is 0.0304 e. The summed E-state index contributed by atoms with van der Waals surface area (Å²) in [5.41, 5.74) is 2.79. The van der Waals surface area contributed by atoms with Crippen LogP contribution in [-0.4, -0.2) is 11.6 Å². The quantitative estimate of drug-likeness (QED) is 0.841. The first-order valence-corrected chi connectivity index (χ1v) is 6.58. The summed E-state index contributed by atoms with van der Waals surface area (Å²) in [5.74, 6) is 0. The molecule has 0 amide bonds. The van der Waals surface area contributed by atoms with Gasteiger partial charge in [0.2, 0.25) is 0 Å². The van der Waals surface area contributed by atoms with Crippen molar-refractivity contribution in [1.82, 2.24) is 9.88 Å². The Morgan fingerprint density at radius 3 is 3.00 bits per heavy atom. The lowest BCUT2D eigenvalue weighted by molar-refractivity contribution is 0.643. The highest BCUT2D eigenvalue weighted by Gasteiger charge is 2.03. The van der Waals surface area contributed by atoms with Crippen molar-refractivity contribution in [2.45, 2.75) is 25.9 Å². The van der Waals surface area contributed by atoms with Gasteiger partial charge in [0.15, 0.2) is 0 Å². The molecule has 0 aliphatic carbocycles. The number of hydrogen-bond acceptors (Lipinski definition) is 2. The van der Waals surface area contributed by atoms with Crippen LogP contribution in [0.25, 0.3) is 0 Å². The number of nitrogens with one attached hydrogen (secondary N) is 1. The van der Waals surface area contributed by atoms with Crippen molar-refractivity contribution >= 4 is 11.3 Å². The average Bonchev–Trinajstić information content (AvgIpc) is 2.96. The predicted octanol–water partition coefficient (Wildman–Crippen LogP) is 3.07. The van der Waals surface area contributed by atoms with Crippen LogP contribution in [0.15, 0.2) is 35.3 Å². The van der Waals surface area contributed by atoms with Gasteiger partial charge in [0.1, 0.15) is 0 Å². The number of hydrogen-bond donors (Lipinski definition) is 1. The Morgan fingerprint density at radius 2 is 2.31 bits per heavy atom. The molecule has 3 heteroatoms. The Balaban J connectivity index is 1.93.